The van der Waals surface area contributed by atoms with Crippen LogP contribution in [0, 0.1) is 35.0 Å². The molecule has 6 unspecified atom stereocenters. The van der Waals surface area contributed by atoms with Crippen molar-refractivity contribution in [3.8, 4) is 5.75 Å². The molecule has 1 spiro atoms. The lowest BCUT2D eigenvalue weighted by Gasteiger charge is -2.69. The first kappa shape index (κ1) is 30.7. The summed E-state index contributed by atoms with van der Waals surface area (Å²) in [7, 11) is 1.50. The summed E-state index contributed by atoms with van der Waals surface area (Å²) in [6.45, 7) is 2.53. The molecule has 1 saturated heterocycles. The molecule has 8 rings (SSSR count). The maximum atomic E-state index is 14.7. The monoisotopic (exact) mass is 652 g/mol. The zero-order chi connectivity index (χ0) is 32.7. The van der Waals surface area contributed by atoms with Crippen molar-refractivity contribution < 1.29 is 37.3 Å². The zero-order valence-electron chi connectivity index (χ0n) is 26.3. The van der Waals surface area contributed by atoms with Crippen molar-refractivity contribution in [2.24, 2.45) is 40.0 Å². The normalized spacial score (nSPS) is 32.1. The molecule has 0 radical (unpaired) electrons. The summed E-state index contributed by atoms with van der Waals surface area (Å²) in [4.78, 5) is 36.6. The maximum absolute atomic E-state index is 14.7. The van der Waals surface area contributed by atoms with Gasteiger partial charge in [0.2, 0.25) is 0 Å². The van der Waals surface area contributed by atoms with Crippen LogP contribution in [0.3, 0.4) is 0 Å². The molecule has 1 aromatic heterocycles. The number of carbonyl (C=O) groups is 2. The van der Waals surface area contributed by atoms with Gasteiger partial charge < -0.3 is 24.8 Å². The van der Waals surface area contributed by atoms with Crippen molar-refractivity contribution in [1.29, 1.82) is 0 Å². The molecule has 6 atom stereocenters. The number of aliphatic imine (C=N–C) groups is 1. The molecule has 250 valence electrons. The average molecular weight is 653 g/mol. The average Bonchev–Trinajstić information content (AvgIpc) is 3.69. The second-order valence-electron chi connectivity index (χ2n) is 14.4. The highest BCUT2D eigenvalue weighted by Crippen LogP contribution is 2.83. The Morgan fingerprint density at radius 3 is 2.64 bits per heavy atom. The Bertz CT molecular complexity index is 1660. The minimum Gasteiger partial charge on any atom is -0.494 e. The lowest BCUT2D eigenvalue weighted by atomic mass is 9.36. The first-order chi connectivity index (χ1) is 22.6. The Morgan fingerprint density at radius 1 is 1.17 bits per heavy atom. The highest BCUT2D eigenvalue weighted by Gasteiger charge is 2.83. The second-order valence-corrected chi connectivity index (χ2v) is 14.4. The van der Waals surface area contributed by atoms with Gasteiger partial charge in [0.25, 0.3) is 5.91 Å². The van der Waals surface area contributed by atoms with E-state index in [1.807, 2.05) is 18.2 Å². The Hall–Kier alpha value is -3.67. The topological polar surface area (TPSA) is 113 Å². The number of nitrogens with zero attached hydrogens (tertiary/aromatic N) is 3. The van der Waals surface area contributed by atoms with Crippen molar-refractivity contribution in [2.75, 3.05) is 38.3 Å². The third-order valence-corrected chi connectivity index (χ3v) is 12.4. The van der Waals surface area contributed by atoms with Crippen LogP contribution in [0.25, 0.3) is 0 Å². The smallest absolute Gasteiger partial charge is 0.434 e. The number of carboxylic acids is 1. The molecular weight excluding hydrogens is 613 g/mol. The van der Waals surface area contributed by atoms with E-state index < -0.39 is 34.8 Å². The van der Waals surface area contributed by atoms with Crippen LogP contribution < -0.4 is 15.0 Å². The van der Waals surface area contributed by atoms with Gasteiger partial charge in [-0.2, -0.15) is 13.2 Å². The number of pyridine rings is 1. The highest BCUT2D eigenvalue weighted by molar-refractivity contribution is 6.02. The predicted molar refractivity (Wildman–Crippen MR) is 166 cm³/mol. The molecule has 9 nitrogen and oxygen atoms in total. The molecule has 5 fully saturated rings. The molecule has 6 aliphatic rings. The molecule has 2 bridgehead atoms. The first-order valence-electron chi connectivity index (χ1n) is 16.8. The molecule has 47 heavy (non-hydrogen) atoms. The van der Waals surface area contributed by atoms with Crippen molar-refractivity contribution in [3.63, 3.8) is 0 Å². The molecule has 2 aliphatic heterocycles. The van der Waals surface area contributed by atoms with Crippen molar-refractivity contribution in [2.45, 2.75) is 63.1 Å². The fourth-order valence-corrected chi connectivity index (χ4v) is 10.3. The van der Waals surface area contributed by atoms with E-state index in [2.05, 4.69) is 15.3 Å². The van der Waals surface area contributed by atoms with Crippen molar-refractivity contribution in [1.82, 2.24) is 10.3 Å². The number of amides is 1. The molecule has 4 aliphatic carbocycles. The van der Waals surface area contributed by atoms with Crippen LogP contribution in [0.1, 0.15) is 72.1 Å². The SMILES string of the molecule is CN=Cc1cc(C(=O)NC2(C(=O)O)C3CC4CC5CC2C45C3)c(C(F)(F)F)nc1N1CCc2cc(OCCC3CCOCC3)ccc21. The third-order valence-electron chi connectivity index (χ3n) is 12.4. The zero-order valence-corrected chi connectivity index (χ0v) is 26.3. The number of aliphatic carboxylic acids is 1. The number of anilines is 2. The van der Waals surface area contributed by atoms with Gasteiger partial charge in [-0.15, -0.1) is 0 Å². The number of alkyl halides is 3. The number of fused-ring (bicyclic) bond motifs is 2. The van der Waals surface area contributed by atoms with Gasteiger partial charge in [-0.1, -0.05) is 0 Å². The Labute approximate surface area is 270 Å². The van der Waals surface area contributed by atoms with Gasteiger partial charge >= 0.3 is 12.1 Å². The van der Waals surface area contributed by atoms with Gasteiger partial charge in [0.1, 0.15) is 17.1 Å². The molecule has 3 heterocycles. The molecule has 1 amide bonds. The Balaban J connectivity index is 1.08. The van der Waals surface area contributed by atoms with E-state index in [0.29, 0.717) is 68.0 Å². The fourth-order valence-electron chi connectivity index (χ4n) is 10.3. The Morgan fingerprint density at radius 2 is 1.94 bits per heavy atom. The number of halogens is 3. The summed E-state index contributed by atoms with van der Waals surface area (Å²) in [6, 6.07) is 6.74. The van der Waals surface area contributed by atoms with Crippen LogP contribution in [0.15, 0.2) is 29.3 Å². The van der Waals surface area contributed by atoms with Crippen LogP contribution in [0.5, 0.6) is 5.75 Å². The van der Waals surface area contributed by atoms with Crippen molar-refractivity contribution in [3.05, 3.63) is 46.6 Å². The minimum atomic E-state index is -4.96. The lowest BCUT2D eigenvalue weighted by molar-refractivity contribution is -0.209. The summed E-state index contributed by atoms with van der Waals surface area (Å²) in [5.74, 6) is -0.511. The minimum absolute atomic E-state index is 0.0392. The van der Waals surface area contributed by atoms with E-state index in [1.165, 1.54) is 13.3 Å². The van der Waals surface area contributed by atoms with Crippen LogP contribution in [0.2, 0.25) is 0 Å². The molecule has 12 heteroatoms. The number of ether oxygens (including phenoxy) is 2. The molecular formula is C35H39F3N4O5. The van der Waals surface area contributed by atoms with Gasteiger partial charge in [-0.3, -0.25) is 9.79 Å². The van der Waals surface area contributed by atoms with E-state index in [-0.39, 0.29) is 28.6 Å². The first-order valence-corrected chi connectivity index (χ1v) is 16.8. The van der Waals surface area contributed by atoms with Gasteiger partial charge in [0.15, 0.2) is 5.69 Å². The number of aromatic nitrogens is 1. The third kappa shape index (κ3) is 4.53. The summed E-state index contributed by atoms with van der Waals surface area (Å²) in [5.41, 5.74) is -1.79. The van der Waals surface area contributed by atoms with E-state index in [0.717, 1.165) is 50.5 Å². The van der Waals surface area contributed by atoms with Gasteiger partial charge in [0.05, 0.1) is 12.2 Å². The Kier molecular flexibility index (Phi) is 7.13. The summed E-state index contributed by atoms with van der Waals surface area (Å²) >= 11 is 0. The molecule has 2 N–H and O–H groups in total. The van der Waals surface area contributed by atoms with Gasteiger partial charge in [-0.25, -0.2) is 9.78 Å². The van der Waals surface area contributed by atoms with Crippen LogP contribution >= 0.6 is 0 Å². The van der Waals surface area contributed by atoms with Gasteiger partial charge in [-0.05, 0) is 116 Å². The van der Waals surface area contributed by atoms with E-state index >= 15 is 0 Å². The molecule has 1 aromatic carbocycles. The number of nitrogens with one attached hydrogen (secondary N) is 1. The van der Waals surface area contributed by atoms with E-state index in [1.54, 1.807) is 4.90 Å². The second kappa shape index (κ2) is 10.9. The number of hydrogen-bond donors (Lipinski definition) is 2. The summed E-state index contributed by atoms with van der Waals surface area (Å²) in [6.07, 6.45) is 3.19. The van der Waals surface area contributed by atoms with Gasteiger partial charge in [0, 0.05) is 44.3 Å². The number of benzene rings is 1. The molecule has 2 aromatic rings. The number of carbonyl (C=O) groups excluding carboxylic acids is 1. The van der Waals surface area contributed by atoms with E-state index in [9.17, 15) is 27.9 Å². The molecule has 4 saturated carbocycles. The van der Waals surface area contributed by atoms with Crippen LogP contribution in [-0.4, -0.2) is 67.1 Å². The number of carboxylic acid groups (broad SMARTS) is 1. The van der Waals surface area contributed by atoms with Crippen molar-refractivity contribution >= 4 is 29.6 Å². The number of rotatable bonds is 9. The fraction of sp³-hybridized carbons (Fsp3) is 0.600. The van der Waals surface area contributed by atoms with Crippen LogP contribution in [0.4, 0.5) is 24.7 Å². The summed E-state index contributed by atoms with van der Waals surface area (Å²) in [5, 5.41) is 13.2. The lowest BCUT2D eigenvalue weighted by Crippen LogP contribution is -2.73. The quantitative estimate of drug-likeness (QED) is 0.337. The summed E-state index contributed by atoms with van der Waals surface area (Å²) < 4.78 is 55.5. The largest absolute Gasteiger partial charge is 0.494 e. The van der Waals surface area contributed by atoms with Crippen LogP contribution in [-0.2, 0) is 22.1 Å². The standard InChI is InChI=1S/C35H39F3N4O5/c1-39-18-21-13-26(31(43)41-34(32(44)45)24-15-22-14-23-16-28(34)33(22,23)17-24)29(35(36,37)38)40-30(21)42-8-4-20-12-25(2-3-27(20)42)47-11-7-19-5-9-46-10-6-19/h2-3,12-13,18-19,22-24,28H,4-11,14-17H2,1H3,(H,41,43)(H,44,45). The highest BCUT2D eigenvalue weighted by atomic mass is 19.4. The number of hydrogen-bond acceptors (Lipinski definition) is 7. The predicted octanol–water partition coefficient (Wildman–Crippen LogP) is 5.66. The maximum Gasteiger partial charge on any atom is 0.434 e. The van der Waals surface area contributed by atoms with E-state index in [4.69, 9.17) is 9.47 Å².